The summed E-state index contributed by atoms with van der Waals surface area (Å²) in [6.07, 6.45) is 2.05. The highest BCUT2D eigenvalue weighted by Gasteiger charge is 2.30. The van der Waals surface area contributed by atoms with Gasteiger partial charge in [-0.3, -0.25) is 9.36 Å². The smallest absolute Gasteiger partial charge is 0.339 e. The minimum Gasteiger partial charge on any atom is -0.339 e. The highest BCUT2D eigenvalue weighted by atomic mass is 16.5. The lowest BCUT2D eigenvalue weighted by Crippen LogP contribution is -2.41. The Morgan fingerprint density at radius 1 is 1.42 bits per heavy atom. The van der Waals surface area contributed by atoms with Crippen molar-refractivity contribution in [3.8, 4) is 0 Å². The molecule has 2 aromatic heterocycles. The van der Waals surface area contributed by atoms with Crippen molar-refractivity contribution in [2.75, 3.05) is 6.54 Å². The van der Waals surface area contributed by atoms with Crippen LogP contribution in [-0.4, -0.2) is 41.8 Å². The van der Waals surface area contributed by atoms with E-state index in [1.54, 1.807) is 16.5 Å². The fourth-order valence-electron chi connectivity index (χ4n) is 3.30. The van der Waals surface area contributed by atoms with E-state index in [0.29, 0.717) is 50.1 Å². The minimum absolute atomic E-state index is 0.0177. The summed E-state index contributed by atoms with van der Waals surface area (Å²) in [5.41, 5.74) is -0.169. The van der Waals surface area contributed by atoms with Crippen LogP contribution in [0.15, 0.2) is 9.32 Å². The molecular weight excluding hydrogens is 336 g/mol. The van der Waals surface area contributed by atoms with Crippen molar-refractivity contribution in [3.63, 3.8) is 0 Å². The predicted octanol–water partition coefficient (Wildman–Crippen LogP) is 0.774. The first kappa shape index (κ1) is 18.3. The van der Waals surface area contributed by atoms with Crippen LogP contribution in [-0.2, 0) is 37.8 Å². The van der Waals surface area contributed by atoms with Crippen molar-refractivity contribution >= 4 is 5.91 Å². The van der Waals surface area contributed by atoms with Crippen LogP contribution in [0.3, 0.4) is 0 Å². The Morgan fingerprint density at radius 2 is 2.19 bits per heavy atom. The van der Waals surface area contributed by atoms with Crippen LogP contribution >= 0.6 is 0 Å². The van der Waals surface area contributed by atoms with Gasteiger partial charge in [0.2, 0.25) is 11.8 Å². The number of hydrogen-bond acceptors (Lipinski definition) is 6. The number of amides is 1. The van der Waals surface area contributed by atoms with Gasteiger partial charge in [-0.1, -0.05) is 19.0 Å². The van der Waals surface area contributed by atoms with E-state index in [1.807, 2.05) is 6.92 Å². The normalized spacial score (nSPS) is 16.7. The maximum absolute atomic E-state index is 12.9. The highest BCUT2D eigenvalue weighted by molar-refractivity contribution is 5.78. The number of aromatic nitrogens is 5. The average molecular weight is 362 g/mol. The zero-order valence-corrected chi connectivity index (χ0v) is 15.8. The zero-order valence-electron chi connectivity index (χ0n) is 15.8. The van der Waals surface area contributed by atoms with E-state index in [0.717, 1.165) is 12.2 Å². The standard InChI is InChI=1S/C17H26N6O3/c1-5-22(10-13-18-15(26-20-13)8-11(2)3)16(24)12-6-7-14-19-21(4)17(25)23(14)9-12/h11-12H,5-10H2,1-4H3/t12-/m0/s1. The van der Waals surface area contributed by atoms with E-state index in [2.05, 4.69) is 29.1 Å². The van der Waals surface area contributed by atoms with Crippen LogP contribution in [0.25, 0.3) is 0 Å². The van der Waals surface area contributed by atoms with Crippen LogP contribution in [0.1, 0.15) is 44.7 Å². The molecule has 0 radical (unpaired) electrons. The van der Waals surface area contributed by atoms with Gasteiger partial charge in [0.05, 0.1) is 12.5 Å². The fraction of sp³-hybridized carbons (Fsp3) is 0.706. The molecule has 1 atom stereocenters. The first-order valence-electron chi connectivity index (χ1n) is 9.12. The Morgan fingerprint density at radius 3 is 2.88 bits per heavy atom. The van der Waals surface area contributed by atoms with Crippen LogP contribution in [0.2, 0.25) is 0 Å². The molecule has 142 valence electrons. The molecule has 0 aromatic carbocycles. The molecule has 3 heterocycles. The third-order valence-electron chi connectivity index (χ3n) is 4.67. The van der Waals surface area contributed by atoms with Crippen molar-refractivity contribution in [1.29, 1.82) is 0 Å². The van der Waals surface area contributed by atoms with Crippen molar-refractivity contribution in [2.45, 2.75) is 53.1 Å². The highest BCUT2D eigenvalue weighted by Crippen LogP contribution is 2.20. The largest absolute Gasteiger partial charge is 0.345 e. The Hall–Kier alpha value is -2.45. The third kappa shape index (κ3) is 3.71. The number of carbonyl (C=O) groups excluding carboxylic acids is 1. The van der Waals surface area contributed by atoms with Gasteiger partial charge < -0.3 is 9.42 Å². The SMILES string of the molecule is CCN(Cc1noc(CC(C)C)n1)C(=O)[C@H]1CCc2nn(C)c(=O)n2C1. The monoisotopic (exact) mass is 362 g/mol. The third-order valence-corrected chi connectivity index (χ3v) is 4.67. The fourth-order valence-corrected chi connectivity index (χ4v) is 3.30. The molecule has 2 aromatic rings. The molecule has 0 bridgehead atoms. The summed E-state index contributed by atoms with van der Waals surface area (Å²) >= 11 is 0. The molecule has 0 spiro atoms. The number of fused-ring (bicyclic) bond motifs is 1. The molecular formula is C17H26N6O3. The molecule has 0 fully saturated rings. The van der Waals surface area contributed by atoms with Gasteiger partial charge in [-0.2, -0.15) is 10.1 Å². The molecule has 26 heavy (non-hydrogen) atoms. The van der Waals surface area contributed by atoms with Gasteiger partial charge in [-0.15, -0.1) is 0 Å². The summed E-state index contributed by atoms with van der Waals surface area (Å²) < 4.78 is 8.19. The van der Waals surface area contributed by atoms with E-state index >= 15 is 0 Å². The second-order valence-electron chi connectivity index (χ2n) is 7.22. The van der Waals surface area contributed by atoms with Crippen molar-refractivity contribution in [1.82, 2.24) is 29.4 Å². The van der Waals surface area contributed by atoms with Crippen LogP contribution in [0.4, 0.5) is 0 Å². The Kier molecular flexibility index (Phi) is 5.24. The molecule has 0 aliphatic carbocycles. The number of aryl methyl sites for hydroxylation is 2. The molecule has 0 saturated heterocycles. The summed E-state index contributed by atoms with van der Waals surface area (Å²) in [6, 6.07) is 0. The van der Waals surface area contributed by atoms with Crippen molar-refractivity contribution < 1.29 is 9.32 Å². The number of carbonyl (C=O) groups is 1. The van der Waals surface area contributed by atoms with Gasteiger partial charge in [-0.25, -0.2) is 9.48 Å². The first-order valence-corrected chi connectivity index (χ1v) is 9.12. The van der Waals surface area contributed by atoms with Crippen LogP contribution in [0, 0.1) is 11.8 Å². The van der Waals surface area contributed by atoms with Crippen molar-refractivity contribution in [3.05, 3.63) is 28.0 Å². The second-order valence-corrected chi connectivity index (χ2v) is 7.22. The maximum Gasteiger partial charge on any atom is 0.345 e. The Balaban J connectivity index is 1.68. The predicted molar refractivity (Wildman–Crippen MR) is 93.2 cm³/mol. The van der Waals surface area contributed by atoms with E-state index in [1.165, 1.54) is 4.68 Å². The maximum atomic E-state index is 12.9. The molecule has 3 rings (SSSR count). The van der Waals surface area contributed by atoms with E-state index in [-0.39, 0.29) is 17.5 Å². The van der Waals surface area contributed by atoms with Crippen LogP contribution < -0.4 is 5.69 Å². The lowest BCUT2D eigenvalue weighted by molar-refractivity contribution is -0.137. The van der Waals surface area contributed by atoms with Crippen molar-refractivity contribution in [2.24, 2.45) is 18.9 Å². The summed E-state index contributed by atoms with van der Waals surface area (Å²) in [7, 11) is 1.63. The van der Waals surface area contributed by atoms with Gasteiger partial charge in [0, 0.05) is 33.0 Å². The molecule has 9 heteroatoms. The van der Waals surface area contributed by atoms with E-state index in [4.69, 9.17) is 4.52 Å². The van der Waals surface area contributed by atoms with Crippen LogP contribution in [0.5, 0.6) is 0 Å². The molecule has 9 nitrogen and oxygen atoms in total. The van der Waals surface area contributed by atoms with Gasteiger partial charge >= 0.3 is 5.69 Å². The molecule has 0 saturated carbocycles. The lowest BCUT2D eigenvalue weighted by Gasteiger charge is -2.27. The Bertz CT molecular complexity index is 834. The summed E-state index contributed by atoms with van der Waals surface area (Å²) in [5, 5.41) is 8.20. The second kappa shape index (κ2) is 7.43. The minimum atomic E-state index is -0.230. The number of nitrogens with zero attached hydrogens (tertiary/aromatic N) is 6. The number of hydrogen-bond donors (Lipinski definition) is 0. The van der Waals surface area contributed by atoms with Gasteiger partial charge in [0.15, 0.2) is 5.82 Å². The quantitative estimate of drug-likeness (QED) is 0.753. The number of rotatable bonds is 6. The summed E-state index contributed by atoms with van der Waals surface area (Å²) in [4.78, 5) is 31.2. The van der Waals surface area contributed by atoms with Gasteiger partial charge in [-0.05, 0) is 19.3 Å². The molecule has 0 N–H and O–H groups in total. The van der Waals surface area contributed by atoms with Gasteiger partial charge in [0.1, 0.15) is 5.82 Å². The zero-order chi connectivity index (χ0) is 18.8. The van der Waals surface area contributed by atoms with E-state index < -0.39 is 0 Å². The summed E-state index contributed by atoms with van der Waals surface area (Å²) in [5.74, 6) is 2.09. The molecule has 1 aliphatic rings. The van der Waals surface area contributed by atoms with Gasteiger partial charge in [0.25, 0.3) is 0 Å². The molecule has 0 unspecified atom stereocenters. The first-order chi connectivity index (χ1) is 12.4. The summed E-state index contributed by atoms with van der Waals surface area (Å²) in [6.45, 7) is 7.35. The molecule has 1 aliphatic heterocycles. The lowest BCUT2D eigenvalue weighted by atomic mass is 9.97. The van der Waals surface area contributed by atoms with E-state index in [9.17, 15) is 9.59 Å². The molecule has 1 amide bonds. The topological polar surface area (TPSA) is 99.1 Å². The Labute approximate surface area is 152 Å². The average Bonchev–Trinajstić information content (AvgIpc) is 3.15.